The summed E-state index contributed by atoms with van der Waals surface area (Å²) >= 11 is 0. The van der Waals surface area contributed by atoms with Gasteiger partial charge in [-0.2, -0.15) is 5.10 Å². The van der Waals surface area contributed by atoms with E-state index in [9.17, 15) is 0 Å². The van der Waals surface area contributed by atoms with E-state index in [0.29, 0.717) is 6.04 Å². The molecule has 116 valence electrons. The Balaban J connectivity index is 1.59. The first-order chi connectivity index (χ1) is 11.3. The van der Waals surface area contributed by atoms with Crippen LogP contribution in [0.5, 0.6) is 0 Å². The zero-order valence-electron chi connectivity index (χ0n) is 12.9. The van der Waals surface area contributed by atoms with Gasteiger partial charge >= 0.3 is 0 Å². The van der Waals surface area contributed by atoms with Crippen molar-refractivity contribution in [3.8, 4) is 0 Å². The van der Waals surface area contributed by atoms with Crippen LogP contribution in [0.1, 0.15) is 12.6 Å². The fourth-order valence-electron chi connectivity index (χ4n) is 2.89. The minimum absolute atomic E-state index is 0.335. The van der Waals surface area contributed by atoms with Crippen molar-refractivity contribution in [3.63, 3.8) is 0 Å². The highest BCUT2D eigenvalue weighted by molar-refractivity contribution is 5.59. The van der Waals surface area contributed by atoms with E-state index < -0.39 is 0 Å². The molecule has 0 saturated heterocycles. The van der Waals surface area contributed by atoms with Gasteiger partial charge in [0.15, 0.2) is 0 Å². The molecule has 3 aromatic rings. The number of nitrogens with zero attached hydrogens (tertiary/aromatic N) is 5. The van der Waals surface area contributed by atoms with Crippen molar-refractivity contribution in [2.75, 3.05) is 10.2 Å². The van der Waals surface area contributed by atoms with Gasteiger partial charge in [-0.3, -0.25) is 4.68 Å². The van der Waals surface area contributed by atoms with Gasteiger partial charge in [0.05, 0.1) is 18.8 Å². The normalized spacial score (nSPS) is 16.9. The van der Waals surface area contributed by atoms with Gasteiger partial charge in [0, 0.05) is 24.0 Å². The molecule has 6 heteroatoms. The van der Waals surface area contributed by atoms with E-state index in [4.69, 9.17) is 0 Å². The Morgan fingerprint density at radius 2 is 2.00 bits per heavy atom. The average molecular weight is 306 g/mol. The molecule has 0 radical (unpaired) electrons. The van der Waals surface area contributed by atoms with E-state index in [1.165, 1.54) is 5.69 Å². The highest BCUT2D eigenvalue weighted by atomic mass is 15.4. The second-order valence-corrected chi connectivity index (χ2v) is 5.73. The third-order valence-corrected chi connectivity index (χ3v) is 4.10. The summed E-state index contributed by atoms with van der Waals surface area (Å²) in [6.45, 7) is 3.87. The van der Waals surface area contributed by atoms with Gasteiger partial charge in [0.25, 0.3) is 0 Å². The van der Waals surface area contributed by atoms with Crippen LogP contribution in [0.25, 0.3) is 0 Å². The lowest BCUT2D eigenvalue weighted by Crippen LogP contribution is -2.41. The molecule has 0 saturated carbocycles. The molecule has 0 fully saturated rings. The van der Waals surface area contributed by atoms with Crippen molar-refractivity contribution < 1.29 is 0 Å². The molecule has 0 spiro atoms. The number of para-hydroxylation sites is 1. The predicted octanol–water partition coefficient (Wildman–Crippen LogP) is 2.83. The van der Waals surface area contributed by atoms with E-state index in [1.807, 2.05) is 42.6 Å². The fourth-order valence-corrected chi connectivity index (χ4v) is 2.89. The summed E-state index contributed by atoms with van der Waals surface area (Å²) in [7, 11) is 0. The Kier molecular flexibility index (Phi) is 3.42. The van der Waals surface area contributed by atoms with Crippen molar-refractivity contribution in [2.24, 2.45) is 0 Å². The first-order valence-corrected chi connectivity index (χ1v) is 7.71. The lowest BCUT2D eigenvalue weighted by Gasteiger charge is -2.34. The molecule has 3 heterocycles. The molecule has 6 nitrogen and oxygen atoms in total. The number of fused-ring (bicyclic) bond motifs is 1. The third-order valence-electron chi connectivity index (χ3n) is 4.10. The maximum atomic E-state index is 4.46. The molecule has 2 aromatic heterocycles. The molecule has 0 amide bonds. The number of benzene rings is 1. The van der Waals surface area contributed by atoms with Crippen molar-refractivity contribution in [3.05, 3.63) is 60.7 Å². The van der Waals surface area contributed by atoms with Crippen LogP contribution in [0.4, 0.5) is 17.3 Å². The third kappa shape index (κ3) is 2.75. The summed E-state index contributed by atoms with van der Waals surface area (Å²) in [5.41, 5.74) is 2.22. The molecular weight excluding hydrogens is 288 g/mol. The number of hydrogen-bond acceptors (Lipinski definition) is 5. The van der Waals surface area contributed by atoms with Crippen LogP contribution < -0.4 is 10.2 Å². The molecule has 1 atom stereocenters. The van der Waals surface area contributed by atoms with Crippen LogP contribution in [0, 0.1) is 0 Å². The van der Waals surface area contributed by atoms with Crippen LogP contribution in [-0.4, -0.2) is 25.8 Å². The summed E-state index contributed by atoms with van der Waals surface area (Å²) in [6, 6.07) is 14.4. The molecule has 4 rings (SSSR count). The van der Waals surface area contributed by atoms with E-state index in [0.717, 1.165) is 30.4 Å². The number of nitrogens with one attached hydrogen (secondary N) is 1. The number of hydrogen-bond donors (Lipinski definition) is 1. The predicted molar refractivity (Wildman–Crippen MR) is 89.6 cm³/mol. The van der Waals surface area contributed by atoms with Crippen LogP contribution in [0.15, 0.2) is 55.0 Å². The first kappa shape index (κ1) is 13.8. The molecule has 1 unspecified atom stereocenters. The van der Waals surface area contributed by atoms with Gasteiger partial charge in [-0.05, 0) is 25.1 Å². The molecule has 1 N–H and O–H groups in total. The number of anilines is 3. The summed E-state index contributed by atoms with van der Waals surface area (Å²) in [5, 5.41) is 7.67. The Labute approximate surface area is 134 Å². The standard InChI is InChI=1S/C17H18N6/c1-13-10-23-15(7-8-20-23)11-22(13)17-9-16(18-12-19-17)21-14-5-3-2-4-6-14/h2-9,12-13H,10-11H2,1H3,(H,18,19,21). The van der Waals surface area contributed by atoms with Crippen molar-refractivity contribution >= 4 is 17.3 Å². The molecule has 1 aliphatic heterocycles. The van der Waals surface area contributed by atoms with Gasteiger partial charge in [0.1, 0.15) is 18.0 Å². The quantitative estimate of drug-likeness (QED) is 0.806. The lowest BCUT2D eigenvalue weighted by molar-refractivity contribution is 0.436. The fraction of sp³-hybridized carbons (Fsp3) is 0.235. The Morgan fingerprint density at radius 1 is 1.13 bits per heavy atom. The van der Waals surface area contributed by atoms with Gasteiger partial charge in [-0.1, -0.05) is 18.2 Å². The van der Waals surface area contributed by atoms with E-state index >= 15 is 0 Å². The summed E-state index contributed by atoms with van der Waals surface area (Å²) in [4.78, 5) is 11.1. The monoisotopic (exact) mass is 306 g/mol. The van der Waals surface area contributed by atoms with Crippen LogP contribution in [-0.2, 0) is 13.1 Å². The SMILES string of the molecule is CC1Cn2nccc2CN1c1cc(Nc2ccccc2)ncn1. The van der Waals surface area contributed by atoms with Gasteiger partial charge in [-0.25, -0.2) is 9.97 Å². The minimum atomic E-state index is 0.335. The van der Waals surface area contributed by atoms with E-state index in [2.05, 4.69) is 43.0 Å². The molecule has 0 aliphatic carbocycles. The lowest BCUT2D eigenvalue weighted by atomic mass is 10.2. The highest BCUT2D eigenvalue weighted by Crippen LogP contribution is 2.25. The topological polar surface area (TPSA) is 58.9 Å². The molecule has 23 heavy (non-hydrogen) atoms. The van der Waals surface area contributed by atoms with E-state index in [-0.39, 0.29) is 0 Å². The van der Waals surface area contributed by atoms with Crippen LogP contribution in [0.3, 0.4) is 0 Å². The molecular formula is C17H18N6. The van der Waals surface area contributed by atoms with Crippen LogP contribution in [0.2, 0.25) is 0 Å². The smallest absolute Gasteiger partial charge is 0.135 e. The van der Waals surface area contributed by atoms with Crippen LogP contribution >= 0.6 is 0 Å². The zero-order valence-corrected chi connectivity index (χ0v) is 12.9. The van der Waals surface area contributed by atoms with Crippen molar-refractivity contribution in [2.45, 2.75) is 26.1 Å². The Hall–Kier alpha value is -2.89. The molecule has 1 aliphatic rings. The number of aromatic nitrogens is 4. The second-order valence-electron chi connectivity index (χ2n) is 5.73. The minimum Gasteiger partial charge on any atom is -0.346 e. The Morgan fingerprint density at radius 3 is 2.87 bits per heavy atom. The summed E-state index contributed by atoms with van der Waals surface area (Å²) in [5.74, 6) is 1.73. The molecule has 1 aromatic carbocycles. The zero-order chi connectivity index (χ0) is 15.6. The highest BCUT2D eigenvalue weighted by Gasteiger charge is 2.24. The maximum absolute atomic E-state index is 4.46. The molecule has 0 bridgehead atoms. The van der Waals surface area contributed by atoms with Crippen molar-refractivity contribution in [1.29, 1.82) is 0 Å². The van der Waals surface area contributed by atoms with Crippen molar-refractivity contribution in [1.82, 2.24) is 19.7 Å². The summed E-state index contributed by atoms with van der Waals surface area (Å²) < 4.78 is 2.06. The van der Waals surface area contributed by atoms with Gasteiger partial charge in [0.2, 0.25) is 0 Å². The van der Waals surface area contributed by atoms with Gasteiger partial charge in [-0.15, -0.1) is 0 Å². The largest absolute Gasteiger partial charge is 0.346 e. The summed E-state index contributed by atoms with van der Waals surface area (Å²) in [6.07, 6.45) is 3.47. The maximum Gasteiger partial charge on any atom is 0.135 e. The first-order valence-electron chi connectivity index (χ1n) is 7.71. The second kappa shape index (κ2) is 5.72. The number of rotatable bonds is 3. The van der Waals surface area contributed by atoms with Gasteiger partial charge < -0.3 is 10.2 Å². The Bertz CT molecular complexity index is 798. The van der Waals surface area contributed by atoms with E-state index in [1.54, 1.807) is 6.33 Å². The average Bonchev–Trinajstić information content (AvgIpc) is 3.02.